The Morgan fingerprint density at radius 2 is 2.37 bits per heavy atom. The maximum atomic E-state index is 11.7. The first kappa shape index (κ1) is 15.2. The fourth-order valence-corrected chi connectivity index (χ4v) is 1.49. The third-order valence-corrected chi connectivity index (χ3v) is 2.41. The lowest BCUT2D eigenvalue weighted by Crippen LogP contribution is -2.39. The normalized spacial score (nSPS) is 12.0. The second-order valence-corrected chi connectivity index (χ2v) is 4.48. The predicted molar refractivity (Wildman–Crippen MR) is 74.6 cm³/mol. The van der Waals surface area contributed by atoms with E-state index in [0.29, 0.717) is 18.8 Å². The summed E-state index contributed by atoms with van der Waals surface area (Å²) in [5.74, 6) is 0.328. The fraction of sp³-hybridized carbons (Fsp3) is 0.429. The summed E-state index contributed by atoms with van der Waals surface area (Å²) < 4.78 is 5.58. The third kappa shape index (κ3) is 5.09. The van der Waals surface area contributed by atoms with E-state index in [4.69, 9.17) is 10.5 Å². The van der Waals surface area contributed by atoms with E-state index in [1.807, 2.05) is 19.9 Å². The molecule has 1 heterocycles. The van der Waals surface area contributed by atoms with Crippen molar-refractivity contribution in [2.45, 2.75) is 39.0 Å². The Hall–Kier alpha value is -1.88. The van der Waals surface area contributed by atoms with E-state index in [1.54, 1.807) is 18.3 Å². The number of rotatable bonds is 7. The average Bonchev–Trinajstić information content (AvgIpc) is 2.37. The summed E-state index contributed by atoms with van der Waals surface area (Å²) in [7, 11) is 0. The van der Waals surface area contributed by atoms with Gasteiger partial charge in [-0.05, 0) is 26.3 Å². The Bertz CT molecular complexity index is 432. The van der Waals surface area contributed by atoms with Crippen LogP contribution in [-0.2, 0) is 11.3 Å². The van der Waals surface area contributed by atoms with E-state index < -0.39 is 6.04 Å². The number of nitrogens with one attached hydrogen (secondary N) is 1. The summed E-state index contributed by atoms with van der Waals surface area (Å²) in [6.45, 7) is 7.76. The predicted octanol–water partition coefficient (Wildman–Crippen LogP) is 1.39. The van der Waals surface area contributed by atoms with Crippen molar-refractivity contribution in [3.8, 4) is 5.88 Å². The Morgan fingerprint density at radius 1 is 1.63 bits per heavy atom. The number of hydrogen-bond acceptors (Lipinski definition) is 4. The lowest BCUT2D eigenvalue weighted by Gasteiger charge is -2.14. The van der Waals surface area contributed by atoms with Crippen LogP contribution in [0.2, 0.25) is 0 Å². The van der Waals surface area contributed by atoms with Crippen molar-refractivity contribution in [3.63, 3.8) is 0 Å². The summed E-state index contributed by atoms with van der Waals surface area (Å²) in [5, 5.41) is 2.77. The minimum Gasteiger partial charge on any atom is -0.475 e. The number of pyridine rings is 1. The first-order valence-electron chi connectivity index (χ1n) is 6.29. The Balaban J connectivity index is 2.62. The maximum absolute atomic E-state index is 11.7. The molecule has 0 bridgehead atoms. The van der Waals surface area contributed by atoms with Gasteiger partial charge in [-0.25, -0.2) is 4.98 Å². The highest BCUT2D eigenvalue weighted by Gasteiger charge is 2.13. The van der Waals surface area contributed by atoms with Crippen LogP contribution in [0.3, 0.4) is 0 Å². The zero-order valence-electron chi connectivity index (χ0n) is 11.4. The number of aromatic nitrogens is 1. The first-order chi connectivity index (χ1) is 9.04. The Kier molecular flexibility index (Phi) is 6.02. The summed E-state index contributed by atoms with van der Waals surface area (Å²) in [6, 6.07) is 3.10. The molecule has 1 unspecified atom stereocenters. The minimum absolute atomic E-state index is 0.0346. The summed E-state index contributed by atoms with van der Waals surface area (Å²) in [4.78, 5) is 15.9. The van der Waals surface area contributed by atoms with E-state index in [0.717, 1.165) is 5.56 Å². The monoisotopic (exact) mass is 263 g/mol. The van der Waals surface area contributed by atoms with Gasteiger partial charge in [0.15, 0.2) is 0 Å². The van der Waals surface area contributed by atoms with Gasteiger partial charge in [0, 0.05) is 18.3 Å². The molecule has 0 saturated carbocycles. The fourth-order valence-electron chi connectivity index (χ4n) is 1.49. The molecule has 5 heteroatoms. The molecule has 1 rings (SSSR count). The molecule has 0 aliphatic heterocycles. The smallest absolute Gasteiger partial charge is 0.237 e. The molecule has 1 aromatic rings. The molecule has 0 radical (unpaired) electrons. The topological polar surface area (TPSA) is 77.2 Å². The number of carbonyl (C=O) groups excluding carboxylic acids is 1. The number of hydrogen-bond donors (Lipinski definition) is 2. The lowest BCUT2D eigenvalue weighted by atomic mass is 10.2. The van der Waals surface area contributed by atoms with Crippen LogP contribution >= 0.6 is 0 Å². The molecule has 104 valence electrons. The van der Waals surface area contributed by atoms with Crippen LogP contribution in [0.1, 0.15) is 25.8 Å². The summed E-state index contributed by atoms with van der Waals surface area (Å²) in [6.07, 6.45) is 3.77. The largest absolute Gasteiger partial charge is 0.475 e. The van der Waals surface area contributed by atoms with Gasteiger partial charge in [-0.3, -0.25) is 4.79 Å². The highest BCUT2D eigenvalue weighted by Crippen LogP contribution is 2.15. The molecule has 1 aromatic heterocycles. The van der Waals surface area contributed by atoms with E-state index in [-0.39, 0.29) is 12.0 Å². The summed E-state index contributed by atoms with van der Waals surface area (Å²) >= 11 is 0. The van der Waals surface area contributed by atoms with Crippen molar-refractivity contribution >= 4 is 5.91 Å². The van der Waals surface area contributed by atoms with Crippen LogP contribution in [0.5, 0.6) is 5.88 Å². The molecule has 0 saturated heterocycles. The van der Waals surface area contributed by atoms with Gasteiger partial charge >= 0.3 is 0 Å². The molecule has 5 nitrogen and oxygen atoms in total. The van der Waals surface area contributed by atoms with E-state index in [9.17, 15) is 4.79 Å². The van der Waals surface area contributed by atoms with Gasteiger partial charge in [-0.1, -0.05) is 12.1 Å². The molecule has 0 aliphatic carbocycles. The van der Waals surface area contributed by atoms with Gasteiger partial charge in [0.1, 0.15) is 0 Å². The van der Waals surface area contributed by atoms with Gasteiger partial charge in [-0.2, -0.15) is 0 Å². The average molecular weight is 263 g/mol. The van der Waals surface area contributed by atoms with Crippen molar-refractivity contribution in [3.05, 3.63) is 36.5 Å². The Labute approximate surface area is 113 Å². The molecule has 0 fully saturated rings. The van der Waals surface area contributed by atoms with Gasteiger partial charge in [-0.15, -0.1) is 6.58 Å². The van der Waals surface area contributed by atoms with Gasteiger partial charge < -0.3 is 15.8 Å². The van der Waals surface area contributed by atoms with Crippen molar-refractivity contribution in [2.24, 2.45) is 5.73 Å². The van der Waals surface area contributed by atoms with Crippen LogP contribution in [0.4, 0.5) is 0 Å². The number of amides is 1. The van der Waals surface area contributed by atoms with Gasteiger partial charge in [0.05, 0.1) is 12.1 Å². The number of nitrogens with two attached hydrogens (primary N) is 1. The second-order valence-electron chi connectivity index (χ2n) is 4.48. The van der Waals surface area contributed by atoms with Crippen LogP contribution in [0.25, 0.3) is 0 Å². The highest BCUT2D eigenvalue weighted by atomic mass is 16.5. The molecule has 1 atom stereocenters. The Morgan fingerprint density at radius 3 is 3.00 bits per heavy atom. The van der Waals surface area contributed by atoms with Crippen LogP contribution in [0, 0.1) is 0 Å². The zero-order valence-corrected chi connectivity index (χ0v) is 11.4. The van der Waals surface area contributed by atoms with Crippen LogP contribution < -0.4 is 15.8 Å². The number of ether oxygens (including phenoxy) is 1. The minimum atomic E-state index is -0.566. The van der Waals surface area contributed by atoms with Crippen LogP contribution in [0.15, 0.2) is 31.0 Å². The van der Waals surface area contributed by atoms with Gasteiger partial charge in [0.2, 0.25) is 11.8 Å². The van der Waals surface area contributed by atoms with Gasteiger partial charge in [0.25, 0.3) is 0 Å². The third-order valence-electron chi connectivity index (χ3n) is 2.41. The van der Waals surface area contributed by atoms with Crippen molar-refractivity contribution in [1.82, 2.24) is 10.3 Å². The SMILES string of the molecule is C=CCC(N)C(=O)NCc1cccnc1OC(C)C. The van der Waals surface area contributed by atoms with Crippen molar-refractivity contribution in [2.75, 3.05) is 0 Å². The first-order valence-corrected chi connectivity index (χ1v) is 6.29. The zero-order chi connectivity index (χ0) is 14.3. The molecule has 0 spiro atoms. The lowest BCUT2D eigenvalue weighted by molar-refractivity contribution is -0.122. The maximum Gasteiger partial charge on any atom is 0.237 e. The number of carbonyl (C=O) groups is 1. The second kappa shape index (κ2) is 7.53. The number of nitrogens with zero attached hydrogens (tertiary/aromatic N) is 1. The van der Waals surface area contributed by atoms with Crippen molar-refractivity contribution < 1.29 is 9.53 Å². The molecule has 0 aromatic carbocycles. The quantitative estimate of drug-likeness (QED) is 0.729. The molecular formula is C14H21N3O2. The molecule has 3 N–H and O–H groups in total. The molecule has 1 amide bonds. The van der Waals surface area contributed by atoms with E-state index in [2.05, 4.69) is 16.9 Å². The molecule has 19 heavy (non-hydrogen) atoms. The molecular weight excluding hydrogens is 242 g/mol. The van der Waals surface area contributed by atoms with E-state index in [1.165, 1.54) is 0 Å². The van der Waals surface area contributed by atoms with E-state index >= 15 is 0 Å². The summed E-state index contributed by atoms with van der Waals surface area (Å²) in [5.41, 5.74) is 6.51. The molecule has 0 aliphatic rings. The highest BCUT2D eigenvalue weighted by molar-refractivity contribution is 5.81. The van der Waals surface area contributed by atoms with Crippen molar-refractivity contribution in [1.29, 1.82) is 0 Å². The standard InChI is InChI=1S/C14H21N3O2/c1-4-6-12(15)13(18)17-9-11-7-5-8-16-14(11)19-10(2)3/h4-5,7-8,10,12H,1,6,9,15H2,2-3H3,(H,17,18). The van der Waals surface area contributed by atoms with Crippen LogP contribution in [-0.4, -0.2) is 23.0 Å².